The minimum atomic E-state index is 0.0403. The van der Waals surface area contributed by atoms with Crippen molar-refractivity contribution in [2.45, 2.75) is 83.8 Å². The molecule has 0 bridgehead atoms. The van der Waals surface area contributed by atoms with Crippen molar-refractivity contribution in [2.75, 3.05) is 0 Å². The summed E-state index contributed by atoms with van der Waals surface area (Å²) in [5, 5.41) is 6.78. The number of carbonyl (C=O) groups is 1. The van der Waals surface area contributed by atoms with Crippen LogP contribution < -0.4 is 10.6 Å². The van der Waals surface area contributed by atoms with Crippen LogP contribution in [-0.4, -0.2) is 24.0 Å². The lowest BCUT2D eigenvalue weighted by molar-refractivity contribution is -0.125. The van der Waals surface area contributed by atoms with Gasteiger partial charge in [0.25, 0.3) is 0 Å². The first-order valence-corrected chi connectivity index (χ1v) is 8.14. The molecule has 19 heavy (non-hydrogen) atoms. The van der Waals surface area contributed by atoms with Crippen LogP contribution in [-0.2, 0) is 4.79 Å². The number of hydrogen-bond acceptors (Lipinski definition) is 2. The average molecular weight is 266 g/mol. The van der Waals surface area contributed by atoms with Crippen molar-refractivity contribution in [1.29, 1.82) is 0 Å². The van der Waals surface area contributed by atoms with Crippen LogP contribution in [0.3, 0.4) is 0 Å². The highest BCUT2D eigenvalue weighted by atomic mass is 16.2. The van der Waals surface area contributed by atoms with Crippen LogP contribution in [0.1, 0.15) is 65.7 Å². The second kappa shape index (κ2) is 6.74. The van der Waals surface area contributed by atoms with E-state index in [-0.39, 0.29) is 11.9 Å². The van der Waals surface area contributed by atoms with E-state index in [2.05, 4.69) is 31.4 Å². The summed E-state index contributed by atoms with van der Waals surface area (Å²) in [6.45, 7) is 6.75. The van der Waals surface area contributed by atoms with E-state index in [1.165, 1.54) is 32.1 Å². The molecule has 2 rings (SSSR count). The molecule has 4 unspecified atom stereocenters. The third kappa shape index (κ3) is 3.95. The van der Waals surface area contributed by atoms with Crippen LogP contribution in [0.15, 0.2) is 0 Å². The molecule has 0 aromatic heterocycles. The summed E-state index contributed by atoms with van der Waals surface area (Å²) in [6.07, 6.45) is 8.40. The van der Waals surface area contributed by atoms with E-state index in [1.54, 1.807) is 0 Å². The number of piperidine rings is 1. The zero-order chi connectivity index (χ0) is 13.8. The molecular weight excluding hydrogens is 236 g/mol. The molecule has 110 valence electrons. The second-order valence-corrected chi connectivity index (χ2v) is 6.86. The van der Waals surface area contributed by atoms with E-state index in [1.807, 2.05) is 0 Å². The first-order chi connectivity index (χ1) is 9.08. The number of rotatable bonds is 3. The monoisotopic (exact) mass is 266 g/mol. The van der Waals surface area contributed by atoms with Gasteiger partial charge in [0.05, 0.1) is 6.04 Å². The zero-order valence-corrected chi connectivity index (χ0v) is 12.7. The molecule has 3 heteroatoms. The second-order valence-electron chi connectivity index (χ2n) is 6.86. The van der Waals surface area contributed by atoms with E-state index in [0.717, 1.165) is 12.8 Å². The van der Waals surface area contributed by atoms with Gasteiger partial charge < -0.3 is 10.6 Å². The van der Waals surface area contributed by atoms with E-state index < -0.39 is 0 Å². The van der Waals surface area contributed by atoms with Gasteiger partial charge in [0.15, 0.2) is 0 Å². The predicted octanol–water partition coefficient (Wildman–Crippen LogP) is 2.85. The first-order valence-electron chi connectivity index (χ1n) is 8.14. The van der Waals surface area contributed by atoms with E-state index in [4.69, 9.17) is 0 Å². The molecule has 1 amide bonds. The third-order valence-electron chi connectivity index (χ3n) is 4.94. The van der Waals surface area contributed by atoms with Crippen LogP contribution in [0.2, 0.25) is 0 Å². The lowest BCUT2D eigenvalue weighted by Crippen LogP contribution is -2.54. The Morgan fingerprint density at radius 3 is 2.53 bits per heavy atom. The number of amides is 1. The van der Waals surface area contributed by atoms with Crippen molar-refractivity contribution < 1.29 is 4.79 Å². The van der Waals surface area contributed by atoms with Gasteiger partial charge in [-0.2, -0.15) is 0 Å². The molecule has 2 N–H and O–H groups in total. The summed E-state index contributed by atoms with van der Waals surface area (Å²) in [5.74, 6) is 1.58. The van der Waals surface area contributed by atoms with E-state index >= 15 is 0 Å². The summed E-state index contributed by atoms with van der Waals surface area (Å²) in [6, 6.07) is 0.926. The maximum atomic E-state index is 12.4. The summed E-state index contributed by atoms with van der Waals surface area (Å²) in [5.41, 5.74) is 0. The van der Waals surface area contributed by atoms with Gasteiger partial charge in [0.2, 0.25) is 5.91 Å². The predicted molar refractivity (Wildman–Crippen MR) is 79.0 cm³/mol. The molecule has 0 aromatic carbocycles. The van der Waals surface area contributed by atoms with Gasteiger partial charge in [-0.15, -0.1) is 0 Å². The summed E-state index contributed by atoms with van der Waals surface area (Å²) in [4.78, 5) is 12.4. The summed E-state index contributed by atoms with van der Waals surface area (Å²) >= 11 is 0. The topological polar surface area (TPSA) is 41.1 Å². The molecule has 1 saturated carbocycles. The number of nitrogens with one attached hydrogen (secondary N) is 2. The Morgan fingerprint density at radius 1 is 1.11 bits per heavy atom. The molecule has 0 aromatic rings. The summed E-state index contributed by atoms with van der Waals surface area (Å²) < 4.78 is 0. The molecule has 0 radical (unpaired) electrons. The van der Waals surface area contributed by atoms with Crippen molar-refractivity contribution in [2.24, 2.45) is 11.8 Å². The standard InChI is InChI=1S/C16H30N2O/c1-11(2)13-8-4-5-9-14(13)18-16(19)15-10-6-7-12(3)17-15/h11-15,17H,4-10H2,1-3H3,(H,18,19). The Balaban J connectivity index is 1.89. The average Bonchev–Trinajstić information content (AvgIpc) is 2.39. The largest absolute Gasteiger partial charge is 0.352 e. The molecule has 1 saturated heterocycles. The van der Waals surface area contributed by atoms with Crippen molar-refractivity contribution >= 4 is 5.91 Å². The van der Waals surface area contributed by atoms with E-state index in [0.29, 0.717) is 23.9 Å². The molecule has 3 nitrogen and oxygen atoms in total. The van der Waals surface area contributed by atoms with Gasteiger partial charge in [-0.3, -0.25) is 4.79 Å². The van der Waals surface area contributed by atoms with Crippen LogP contribution >= 0.6 is 0 Å². The Hall–Kier alpha value is -0.570. The van der Waals surface area contributed by atoms with Gasteiger partial charge in [0, 0.05) is 12.1 Å². The molecule has 2 aliphatic rings. The lowest BCUT2D eigenvalue weighted by atomic mass is 9.77. The van der Waals surface area contributed by atoms with Crippen LogP contribution in [0.4, 0.5) is 0 Å². The molecule has 1 aliphatic carbocycles. The zero-order valence-electron chi connectivity index (χ0n) is 12.7. The number of hydrogen-bond donors (Lipinski definition) is 2. The van der Waals surface area contributed by atoms with Crippen molar-refractivity contribution in [3.8, 4) is 0 Å². The Bertz CT molecular complexity index is 303. The van der Waals surface area contributed by atoms with Gasteiger partial charge in [-0.1, -0.05) is 26.7 Å². The molecular formula is C16H30N2O. The van der Waals surface area contributed by atoms with Crippen molar-refractivity contribution in [1.82, 2.24) is 10.6 Å². The molecule has 1 aliphatic heterocycles. The normalized spacial score (nSPS) is 36.2. The Kier molecular flexibility index (Phi) is 5.26. The van der Waals surface area contributed by atoms with Crippen molar-refractivity contribution in [3.05, 3.63) is 0 Å². The van der Waals surface area contributed by atoms with Crippen molar-refractivity contribution in [3.63, 3.8) is 0 Å². The first kappa shape index (κ1) is 14.8. The molecule has 2 fully saturated rings. The van der Waals surface area contributed by atoms with Crippen LogP contribution in [0.25, 0.3) is 0 Å². The molecule has 4 atom stereocenters. The van der Waals surface area contributed by atoms with E-state index in [9.17, 15) is 4.79 Å². The molecule has 0 spiro atoms. The quantitative estimate of drug-likeness (QED) is 0.824. The SMILES string of the molecule is CC1CCCC(C(=O)NC2CCCCC2C(C)C)N1. The fraction of sp³-hybridized carbons (Fsp3) is 0.938. The Labute approximate surface area is 117 Å². The van der Waals surface area contributed by atoms with Crippen LogP contribution in [0, 0.1) is 11.8 Å². The van der Waals surface area contributed by atoms with Gasteiger partial charge >= 0.3 is 0 Å². The van der Waals surface area contributed by atoms with Crippen LogP contribution in [0.5, 0.6) is 0 Å². The maximum Gasteiger partial charge on any atom is 0.237 e. The van der Waals surface area contributed by atoms with Gasteiger partial charge in [0.1, 0.15) is 0 Å². The fourth-order valence-electron chi connectivity index (χ4n) is 3.77. The minimum Gasteiger partial charge on any atom is -0.352 e. The summed E-state index contributed by atoms with van der Waals surface area (Å²) in [7, 11) is 0. The smallest absolute Gasteiger partial charge is 0.237 e. The highest BCUT2D eigenvalue weighted by Crippen LogP contribution is 2.30. The maximum absolute atomic E-state index is 12.4. The third-order valence-corrected chi connectivity index (χ3v) is 4.94. The number of carbonyl (C=O) groups excluding carboxylic acids is 1. The highest BCUT2D eigenvalue weighted by Gasteiger charge is 2.31. The minimum absolute atomic E-state index is 0.0403. The highest BCUT2D eigenvalue weighted by molar-refractivity contribution is 5.82. The van der Waals surface area contributed by atoms with Gasteiger partial charge in [-0.05, 0) is 50.9 Å². The Morgan fingerprint density at radius 2 is 1.84 bits per heavy atom. The lowest BCUT2D eigenvalue weighted by Gasteiger charge is -2.36. The van der Waals surface area contributed by atoms with Gasteiger partial charge in [-0.25, -0.2) is 0 Å². The fourth-order valence-corrected chi connectivity index (χ4v) is 3.77. The molecule has 1 heterocycles.